The van der Waals surface area contributed by atoms with Crippen LogP contribution in [0, 0.1) is 24.0 Å². The maximum atomic E-state index is 13.4. The second-order valence-corrected chi connectivity index (χ2v) is 8.93. The fraction of sp³-hybridized carbons (Fsp3) is 0.333. The molecular formula is C27H29ClN2O6. The van der Waals surface area contributed by atoms with Gasteiger partial charge in [-0.25, -0.2) is 9.59 Å². The lowest BCUT2D eigenvalue weighted by Gasteiger charge is -2.38. The van der Waals surface area contributed by atoms with Crippen molar-refractivity contribution in [3.8, 4) is 0 Å². The second-order valence-electron chi connectivity index (χ2n) is 8.52. The Morgan fingerprint density at radius 2 is 1.42 bits per heavy atom. The van der Waals surface area contributed by atoms with Crippen LogP contribution in [-0.4, -0.2) is 30.1 Å². The number of hydrogen-bond acceptors (Lipinski definition) is 7. The van der Waals surface area contributed by atoms with E-state index in [0.29, 0.717) is 17.0 Å². The summed E-state index contributed by atoms with van der Waals surface area (Å²) in [5, 5.41) is 11.6. The van der Waals surface area contributed by atoms with Crippen molar-refractivity contribution in [1.82, 2.24) is 0 Å². The number of halogens is 1. The van der Waals surface area contributed by atoms with Crippen LogP contribution in [0.5, 0.6) is 0 Å². The van der Waals surface area contributed by atoms with E-state index in [-0.39, 0.29) is 35.1 Å². The first kappa shape index (κ1) is 26.9. The number of carbonyl (C=O) groups is 2. The largest absolute Gasteiger partial charge is 0.463 e. The van der Waals surface area contributed by atoms with E-state index < -0.39 is 22.8 Å². The van der Waals surface area contributed by atoms with Gasteiger partial charge in [0.15, 0.2) is 0 Å². The first-order valence-corrected chi connectivity index (χ1v) is 12.0. The highest BCUT2D eigenvalue weighted by Gasteiger charge is 2.41. The van der Waals surface area contributed by atoms with Gasteiger partial charge in [0.05, 0.1) is 35.2 Å². The summed E-state index contributed by atoms with van der Waals surface area (Å²) in [5.74, 6) is -2.20. The number of allylic oxidation sites excluding steroid dienone is 2. The van der Waals surface area contributed by atoms with Gasteiger partial charge in [-0.05, 0) is 76.4 Å². The van der Waals surface area contributed by atoms with E-state index in [0.717, 1.165) is 16.8 Å². The maximum absolute atomic E-state index is 13.4. The fourth-order valence-electron chi connectivity index (χ4n) is 4.65. The highest BCUT2D eigenvalue weighted by Crippen LogP contribution is 2.46. The van der Waals surface area contributed by atoms with Crippen LogP contribution in [0.1, 0.15) is 50.3 Å². The number of nitrogens with zero attached hydrogens (tertiary/aromatic N) is 2. The van der Waals surface area contributed by atoms with E-state index in [1.54, 1.807) is 33.8 Å². The summed E-state index contributed by atoms with van der Waals surface area (Å²) in [6.07, 6.45) is 0. The van der Waals surface area contributed by atoms with Crippen molar-refractivity contribution < 1.29 is 24.0 Å². The summed E-state index contributed by atoms with van der Waals surface area (Å²) in [5.41, 5.74) is 4.31. The summed E-state index contributed by atoms with van der Waals surface area (Å²) in [6, 6.07) is 10.2. The van der Waals surface area contributed by atoms with Gasteiger partial charge < -0.3 is 14.4 Å². The van der Waals surface area contributed by atoms with Gasteiger partial charge in [-0.2, -0.15) is 0 Å². The van der Waals surface area contributed by atoms with E-state index in [4.69, 9.17) is 21.1 Å². The van der Waals surface area contributed by atoms with Crippen LogP contribution in [0.25, 0.3) is 0 Å². The number of esters is 2. The van der Waals surface area contributed by atoms with E-state index >= 15 is 0 Å². The van der Waals surface area contributed by atoms with Crippen molar-refractivity contribution in [1.29, 1.82) is 0 Å². The van der Waals surface area contributed by atoms with Gasteiger partial charge in [0.1, 0.15) is 5.02 Å². The van der Waals surface area contributed by atoms with E-state index in [9.17, 15) is 19.7 Å². The third-order valence-corrected chi connectivity index (χ3v) is 6.30. The first-order chi connectivity index (χ1) is 17.0. The van der Waals surface area contributed by atoms with Gasteiger partial charge in [0.25, 0.3) is 5.69 Å². The molecule has 0 N–H and O–H groups in total. The minimum Gasteiger partial charge on any atom is -0.463 e. The van der Waals surface area contributed by atoms with Gasteiger partial charge in [0, 0.05) is 23.1 Å². The Kier molecular flexibility index (Phi) is 8.20. The smallest absolute Gasteiger partial charge is 0.336 e. The van der Waals surface area contributed by atoms with Crippen LogP contribution < -0.4 is 4.90 Å². The fourth-order valence-corrected chi connectivity index (χ4v) is 4.84. The third kappa shape index (κ3) is 5.14. The molecule has 2 aromatic carbocycles. The lowest BCUT2D eigenvalue weighted by atomic mass is 9.79. The van der Waals surface area contributed by atoms with Crippen LogP contribution in [-0.2, 0) is 19.1 Å². The van der Waals surface area contributed by atoms with Crippen LogP contribution >= 0.6 is 11.6 Å². The van der Waals surface area contributed by atoms with Gasteiger partial charge in [-0.15, -0.1) is 0 Å². The number of nitro groups is 1. The second kappa shape index (κ2) is 11.0. The van der Waals surface area contributed by atoms with Gasteiger partial charge >= 0.3 is 11.9 Å². The molecule has 0 atom stereocenters. The van der Waals surface area contributed by atoms with Gasteiger partial charge in [-0.3, -0.25) is 10.1 Å². The Hall–Kier alpha value is -3.65. The SMILES string of the molecule is CCOC(=O)C1=C(C)N(c2cc(C)cc(C)c2)C(C)=C(C(=O)OCC)C1c1ccc(Cl)c([N+](=O)[O-])c1. The van der Waals surface area contributed by atoms with Crippen LogP contribution in [0.2, 0.25) is 5.02 Å². The monoisotopic (exact) mass is 512 g/mol. The molecule has 0 unspecified atom stereocenters. The normalized spacial score (nSPS) is 14.2. The molecule has 0 radical (unpaired) electrons. The van der Waals surface area contributed by atoms with E-state index in [2.05, 4.69) is 0 Å². The molecule has 1 aliphatic rings. The molecule has 1 aliphatic heterocycles. The zero-order valence-corrected chi connectivity index (χ0v) is 21.9. The Morgan fingerprint density at radius 3 is 1.86 bits per heavy atom. The quantitative estimate of drug-likeness (QED) is 0.249. The van der Waals surface area contributed by atoms with Crippen molar-refractivity contribution in [3.63, 3.8) is 0 Å². The average Bonchev–Trinajstić information content (AvgIpc) is 2.78. The zero-order valence-electron chi connectivity index (χ0n) is 21.2. The molecule has 1 heterocycles. The maximum Gasteiger partial charge on any atom is 0.336 e. The molecule has 0 aliphatic carbocycles. The predicted molar refractivity (Wildman–Crippen MR) is 138 cm³/mol. The Balaban J connectivity index is 2.40. The number of carbonyl (C=O) groups excluding carboxylic acids is 2. The van der Waals surface area contributed by atoms with Gasteiger partial charge in [0.2, 0.25) is 0 Å². The minimum absolute atomic E-state index is 0.0480. The molecule has 2 aromatic rings. The molecule has 8 nitrogen and oxygen atoms in total. The number of nitro benzene ring substituents is 1. The first-order valence-electron chi connectivity index (χ1n) is 11.6. The third-order valence-electron chi connectivity index (χ3n) is 5.98. The molecule has 0 bridgehead atoms. The molecule has 190 valence electrons. The van der Waals surface area contributed by atoms with Crippen molar-refractivity contribution in [2.75, 3.05) is 18.1 Å². The lowest BCUT2D eigenvalue weighted by molar-refractivity contribution is -0.384. The summed E-state index contributed by atoms with van der Waals surface area (Å²) in [7, 11) is 0. The Bertz CT molecular complexity index is 1230. The molecule has 0 spiro atoms. The van der Waals surface area contributed by atoms with Crippen molar-refractivity contribution >= 4 is 34.9 Å². The summed E-state index contributed by atoms with van der Waals surface area (Å²) in [6.45, 7) is 11.1. The summed E-state index contributed by atoms with van der Waals surface area (Å²) < 4.78 is 10.8. The zero-order chi connectivity index (χ0) is 26.7. The molecule has 0 amide bonds. The lowest BCUT2D eigenvalue weighted by Crippen LogP contribution is -2.35. The number of ether oxygens (including phenoxy) is 2. The van der Waals surface area contributed by atoms with Crippen molar-refractivity contribution in [3.05, 3.63) is 90.8 Å². The summed E-state index contributed by atoms with van der Waals surface area (Å²) in [4.78, 5) is 39.6. The molecule has 3 rings (SSSR count). The average molecular weight is 513 g/mol. The van der Waals surface area contributed by atoms with Crippen molar-refractivity contribution in [2.24, 2.45) is 0 Å². The topological polar surface area (TPSA) is 99.0 Å². The molecule has 0 fully saturated rings. The van der Waals surface area contributed by atoms with Crippen LogP contribution in [0.3, 0.4) is 0 Å². The molecule has 9 heteroatoms. The predicted octanol–water partition coefficient (Wildman–Crippen LogP) is 6.14. The van der Waals surface area contributed by atoms with E-state index in [1.807, 2.05) is 36.9 Å². The molecule has 0 saturated heterocycles. The Labute approximate surface area is 215 Å². The molecule has 0 aromatic heterocycles. The highest BCUT2D eigenvalue weighted by atomic mass is 35.5. The van der Waals surface area contributed by atoms with E-state index in [1.165, 1.54) is 12.1 Å². The number of rotatable bonds is 7. The number of aryl methyl sites for hydroxylation is 2. The molecule has 0 saturated carbocycles. The summed E-state index contributed by atoms with van der Waals surface area (Å²) >= 11 is 6.06. The molecular weight excluding hydrogens is 484 g/mol. The van der Waals surface area contributed by atoms with Crippen LogP contribution in [0.15, 0.2) is 58.9 Å². The van der Waals surface area contributed by atoms with Crippen LogP contribution in [0.4, 0.5) is 11.4 Å². The van der Waals surface area contributed by atoms with Gasteiger partial charge in [-0.1, -0.05) is 23.7 Å². The van der Waals surface area contributed by atoms with Crippen molar-refractivity contribution in [2.45, 2.75) is 47.5 Å². The highest BCUT2D eigenvalue weighted by molar-refractivity contribution is 6.32. The standard InChI is InChI=1S/C27H29ClN2O6/c1-7-35-26(31)23-17(5)29(20-12-15(3)11-16(4)13-20)18(6)24(27(32)36-8-2)25(23)19-9-10-21(28)22(14-19)30(33)34/h9-14,25H,7-8H2,1-6H3. The minimum atomic E-state index is -0.957. The number of hydrogen-bond donors (Lipinski definition) is 0. The molecule has 36 heavy (non-hydrogen) atoms. The Morgan fingerprint density at radius 1 is 0.917 bits per heavy atom. The number of benzene rings is 2. The number of anilines is 1.